The van der Waals surface area contributed by atoms with E-state index in [4.69, 9.17) is 17.4 Å². The molecule has 1 unspecified atom stereocenters. The summed E-state index contributed by atoms with van der Waals surface area (Å²) in [4.78, 5) is 0. The minimum Gasteiger partial charge on any atom is -0.271 e. The maximum Gasteiger partial charge on any atom is 0.0548 e. The number of benzene rings is 2. The molecule has 4 heteroatoms. The summed E-state index contributed by atoms with van der Waals surface area (Å²) in [5.41, 5.74) is 9.28. The van der Waals surface area contributed by atoms with Gasteiger partial charge in [-0.3, -0.25) is 11.3 Å². The van der Waals surface area contributed by atoms with Crippen LogP contribution in [0.25, 0.3) is 0 Å². The van der Waals surface area contributed by atoms with E-state index in [-0.39, 0.29) is 6.04 Å². The summed E-state index contributed by atoms with van der Waals surface area (Å²) in [5, 5.41) is 0.706. The third-order valence-corrected chi connectivity index (χ3v) is 5.01. The van der Waals surface area contributed by atoms with Gasteiger partial charge in [-0.25, -0.2) is 0 Å². The van der Waals surface area contributed by atoms with Crippen LogP contribution < -0.4 is 11.3 Å². The van der Waals surface area contributed by atoms with Gasteiger partial charge in [-0.05, 0) is 77.5 Å². The number of hydrogen-bond acceptors (Lipinski definition) is 2. The van der Waals surface area contributed by atoms with Crippen molar-refractivity contribution in [1.82, 2.24) is 5.43 Å². The molecule has 0 aromatic heterocycles. The molecule has 0 spiro atoms. The molecule has 21 heavy (non-hydrogen) atoms. The molecule has 2 rings (SSSR count). The smallest absolute Gasteiger partial charge is 0.0548 e. The van der Waals surface area contributed by atoms with E-state index in [9.17, 15) is 0 Å². The molecule has 0 saturated carbocycles. The van der Waals surface area contributed by atoms with Gasteiger partial charge in [0.1, 0.15) is 0 Å². The van der Waals surface area contributed by atoms with Crippen LogP contribution >= 0.6 is 27.5 Å². The Labute approximate surface area is 139 Å². The van der Waals surface area contributed by atoms with Crippen LogP contribution in [0.4, 0.5) is 0 Å². The van der Waals surface area contributed by atoms with E-state index in [1.54, 1.807) is 0 Å². The van der Waals surface area contributed by atoms with Crippen molar-refractivity contribution < 1.29 is 0 Å². The van der Waals surface area contributed by atoms with Crippen LogP contribution in [0.2, 0.25) is 5.02 Å². The van der Waals surface area contributed by atoms with E-state index >= 15 is 0 Å². The second-order valence-electron chi connectivity index (χ2n) is 5.47. The van der Waals surface area contributed by atoms with Gasteiger partial charge in [0.05, 0.1) is 11.1 Å². The summed E-state index contributed by atoms with van der Waals surface area (Å²) in [6, 6.07) is 10.4. The minimum atomic E-state index is 0.0543. The minimum absolute atomic E-state index is 0.0543. The van der Waals surface area contributed by atoms with Crippen molar-refractivity contribution in [1.29, 1.82) is 0 Å². The van der Waals surface area contributed by atoms with Crippen molar-refractivity contribution in [3.05, 3.63) is 67.6 Å². The van der Waals surface area contributed by atoms with Crippen molar-refractivity contribution in [3.63, 3.8) is 0 Å². The molecule has 0 aliphatic rings. The highest BCUT2D eigenvalue weighted by atomic mass is 79.9. The van der Waals surface area contributed by atoms with Crippen molar-refractivity contribution in [2.24, 2.45) is 5.84 Å². The third-order valence-electron chi connectivity index (χ3n) is 3.80. The molecule has 0 aliphatic carbocycles. The highest BCUT2D eigenvalue weighted by molar-refractivity contribution is 9.10. The summed E-state index contributed by atoms with van der Waals surface area (Å²) in [6.07, 6.45) is 0.850. The van der Waals surface area contributed by atoms with E-state index in [1.165, 1.54) is 22.3 Å². The summed E-state index contributed by atoms with van der Waals surface area (Å²) in [6.45, 7) is 6.43. The molecule has 0 fully saturated rings. The van der Waals surface area contributed by atoms with Gasteiger partial charge < -0.3 is 0 Å². The first-order chi connectivity index (χ1) is 9.92. The average molecular weight is 368 g/mol. The lowest BCUT2D eigenvalue weighted by Crippen LogP contribution is -2.30. The molecule has 0 aliphatic heterocycles. The first-order valence-electron chi connectivity index (χ1n) is 6.90. The van der Waals surface area contributed by atoms with Crippen LogP contribution in [-0.4, -0.2) is 0 Å². The molecule has 2 aromatic carbocycles. The van der Waals surface area contributed by atoms with Crippen molar-refractivity contribution in [2.45, 2.75) is 33.2 Å². The maximum absolute atomic E-state index is 6.06. The molecule has 1 atom stereocenters. The molecule has 0 bridgehead atoms. The predicted molar refractivity (Wildman–Crippen MR) is 93.6 cm³/mol. The van der Waals surface area contributed by atoms with Crippen LogP contribution in [0.15, 0.2) is 34.8 Å². The first kappa shape index (κ1) is 16.5. The van der Waals surface area contributed by atoms with Crippen LogP contribution in [-0.2, 0) is 6.42 Å². The average Bonchev–Trinajstić information content (AvgIpc) is 2.41. The zero-order valence-electron chi connectivity index (χ0n) is 12.5. The normalized spacial score (nSPS) is 12.5. The zero-order valence-corrected chi connectivity index (χ0v) is 14.8. The number of aryl methyl sites for hydroxylation is 3. The van der Waals surface area contributed by atoms with Gasteiger partial charge in [-0.2, -0.15) is 0 Å². The van der Waals surface area contributed by atoms with E-state index in [1.807, 2.05) is 18.2 Å². The number of nitrogens with one attached hydrogen (secondary N) is 1. The van der Waals surface area contributed by atoms with E-state index in [0.29, 0.717) is 5.02 Å². The quantitative estimate of drug-likeness (QED) is 0.603. The molecule has 2 nitrogen and oxygen atoms in total. The Morgan fingerprint density at radius 1 is 1.14 bits per heavy atom. The highest BCUT2D eigenvalue weighted by Gasteiger charge is 2.15. The molecule has 0 heterocycles. The number of hydrazine groups is 1. The lowest BCUT2D eigenvalue weighted by molar-refractivity contribution is 0.549. The van der Waals surface area contributed by atoms with E-state index in [0.717, 1.165) is 16.5 Å². The van der Waals surface area contributed by atoms with Gasteiger partial charge in [-0.15, -0.1) is 0 Å². The van der Waals surface area contributed by atoms with E-state index in [2.05, 4.69) is 54.3 Å². The monoisotopic (exact) mass is 366 g/mol. The van der Waals surface area contributed by atoms with Crippen LogP contribution in [0.1, 0.15) is 33.9 Å². The molecule has 2 aromatic rings. The Kier molecular flexibility index (Phi) is 5.44. The second kappa shape index (κ2) is 6.93. The fourth-order valence-electron chi connectivity index (χ4n) is 2.74. The fourth-order valence-corrected chi connectivity index (χ4v) is 3.25. The summed E-state index contributed by atoms with van der Waals surface area (Å²) >= 11 is 9.52. The number of halogens is 2. The number of rotatable bonds is 4. The molecule has 3 N–H and O–H groups in total. The van der Waals surface area contributed by atoms with Gasteiger partial charge in [0.15, 0.2) is 0 Å². The lowest BCUT2D eigenvalue weighted by atomic mass is 9.92. The number of nitrogens with two attached hydrogens (primary N) is 1. The molecule has 0 saturated heterocycles. The van der Waals surface area contributed by atoms with E-state index < -0.39 is 0 Å². The molecule has 0 radical (unpaired) electrons. The van der Waals surface area contributed by atoms with Gasteiger partial charge >= 0.3 is 0 Å². The fraction of sp³-hybridized carbons (Fsp3) is 0.294. The largest absolute Gasteiger partial charge is 0.271 e. The first-order valence-corrected chi connectivity index (χ1v) is 8.07. The Hall–Kier alpha value is -0.870. The van der Waals surface area contributed by atoms with Crippen molar-refractivity contribution in [3.8, 4) is 0 Å². The second-order valence-corrected chi connectivity index (χ2v) is 6.74. The Morgan fingerprint density at radius 2 is 1.76 bits per heavy atom. The van der Waals surface area contributed by atoms with Crippen molar-refractivity contribution in [2.75, 3.05) is 0 Å². The van der Waals surface area contributed by atoms with Crippen molar-refractivity contribution >= 4 is 27.5 Å². The lowest BCUT2D eigenvalue weighted by Gasteiger charge is -2.20. The van der Waals surface area contributed by atoms with Gasteiger partial charge in [0.2, 0.25) is 0 Å². The summed E-state index contributed by atoms with van der Waals surface area (Å²) in [5.74, 6) is 5.77. The van der Waals surface area contributed by atoms with Crippen LogP contribution in [0.5, 0.6) is 0 Å². The van der Waals surface area contributed by atoms with Gasteiger partial charge in [0, 0.05) is 4.47 Å². The van der Waals surface area contributed by atoms with Crippen LogP contribution in [0, 0.1) is 20.8 Å². The summed E-state index contributed by atoms with van der Waals surface area (Å²) < 4.78 is 0.888. The maximum atomic E-state index is 6.06. The zero-order chi connectivity index (χ0) is 15.6. The molecular formula is C17H20BrClN2. The molecule has 112 valence electrons. The summed E-state index contributed by atoms with van der Waals surface area (Å²) in [7, 11) is 0. The topological polar surface area (TPSA) is 38.0 Å². The number of hydrogen-bond donors (Lipinski definition) is 2. The SMILES string of the molecule is Cc1cc(C)c(CC(NN)c2ccc(Cl)c(Br)c2)c(C)c1. The molecule has 0 amide bonds. The highest BCUT2D eigenvalue weighted by Crippen LogP contribution is 2.29. The Morgan fingerprint density at radius 3 is 2.29 bits per heavy atom. The third kappa shape index (κ3) is 3.86. The Balaban J connectivity index is 2.33. The standard InChI is InChI=1S/C17H20BrClN2/c1-10-6-11(2)14(12(3)7-10)9-17(21-20)13-4-5-16(19)15(18)8-13/h4-8,17,21H,9,20H2,1-3H3. The predicted octanol–water partition coefficient (Wildman–Crippen LogP) is 4.77. The van der Waals surface area contributed by atoms with Crippen LogP contribution in [0.3, 0.4) is 0 Å². The Bertz CT molecular complexity index is 632. The van der Waals surface area contributed by atoms with Gasteiger partial charge in [-0.1, -0.05) is 35.4 Å². The van der Waals surface area contributed by atoms with Gasteiger partial charge in [0.25, 0.3) is 0 Å². The molecular weight excluding hydrogens is 348 g/mol.